The molecule has 0 aromatic heterocycles. The molecular formula is C21H17ClN2O4. The third-order valence-corrected chi connectivity index (χ3v) is 4.36. The molecule has 0 bridgehead atoms. The number of hydrogen-bond donors (Lipinski definition) is 1. The zero-order valence-corrected chi connectivity index (χ0v) is 16.0. The molecule has 6 nitrogen and oxygen atoms in total. The van der Waals surface area contributed by atoms with Crippen LogP contribution in [0.4, 0.5) is 0 Å². The van der Waals surface area contributed by atoms with Crippen molar-refractivity contribution in [2.45, 2.75) is 13.8 Å². The van der Waals surface area contributed by atoms with Crippen molar-refractivity contribution < 1.29 is 19.4 Å². The number of aliphatic imine (C=N–C) groups is 2. The maximum atomic E-state index is 12.6. The molecule has 1 aliphatic rings. The van der Waals surface area contributed by atoms with Crippen molar-refractivity contribution in [3.63, 3.8) is 0 Å². The summed E-state index contributed by atoms with van der Waals surface area (Å²) in [5, 5.41) is 10.3. The molecule has 1 amide bonds. The molecule has 0 fully saturated rings. The lowest BCUT2D eigenvalue weighted by atomic mass is 9.99. The molecule has 0 spiro atoms. The highest BCUT2D eigenvalue weighted by Gasteiger charge is 2.30. The molecule has 28 heavy (non-hydrogen) atoms. The number of nitrogens with zero attached hydrogens (tertiary/aromatic N) is 2. The van der Waals surface area contributed by atoms with Gasteiger partial charge in [-0.15, -0.1) is 0 Å². The Labute approximate surface area is 166 Å². The van der Waals surface area contributed by atoms with Gasteiger partial charge in [0.25, 0.3) is 5.91 Å². The fourth-order valence-electron chi connectivity index (χ4n) is 2.80. The van der Waals surface area contributed by atoms with Crippen LogP contribution in [0.25, 0.3) is 0 Å². The number of amidine groups is 1. The normalized spacial score (nSPS) is 15.0. The first-order chi connectivity index (χ1) is 13.4. The predicted molar refractivity (Wildman–Crippen MR) is 107 cm³/mol. The van der Waals surface area contributed by atoms with E-state index in [1.54, 1.807) is 55.5 Å². The van der Waals surface area contributed by atoms with Crippen LogP contribution in [0.3, 0.4) is 0 Å². The number of carbonyl (C=O) groups is 2. The standard InChI is InChI=1S/C21H17ClN2O4/c1-3-28-21(27)17(12(2)25)18-13-8-4-5-9-14(13)19(23-18)24-20(26)15-10-6-7-11-16(15)22/h4-11,25H,3H2,1-2H3/b17-12+,24-19?. The van der Waals surface area contributed by atoms with E-state index in [2.05, 4.69) is 9.98 Å². The molecule has 0 saturated heterocycles. The Morgan fingerprint density at radius 1 is 1.11 bits per heavy atom. The van der Waals surface area contributed by atoms with Crippen molar-refractivity contribution in [2.24, 2.45) is 9.98 Å². The zero-order chi connectivity index (χ0) is 20.3. The lowest BCUT2D eigenvalue weighted by Crippen LogP contribution is -2.18. The van der Waals surface area contributed by atoms with Crippen LogP contribution in [0, 0.1) is 0 Å². The van der Waals surface area contributed by atoms with E-state index in [-0.39, 0.29) is 40.1 Å². The van der Waals surface area contributed by atoms with E-state index in [4.69, 9.17) is 16.3 Å². The average Bonchev–Trinajstić information content (AvgIpc) is 3.00. The van der Waals surface area contributed by atoms with E-state index in [9.17, 15) is 14.7 Å². The smallest absolute Gasteiger partial charge is 0.343 e. The van der Waals surface area contributed by atoms with E-state index in [0.717, 1.165) is 0 Å². The molecule has 3 rings (SSSR count). The summed E-state index contributed by atoms with van der Waals surface area (Å²) >= 11 is 6.07. The van der Waals surface area contributed by atoms with Crippen LogP contribution < -0.4 is 0 Å². The molecule has 2 aromatic carbocycles. The van der Waals surface area contributed by atoms with Gasteiger partial charge in [0.05, 0.1) is 22.9 Å². The summed E-state index contributed by atoms with van der Waals surface area (Å²) in [5.74, 6) is -1.35. The van der Waals surface area contributed by atoms with Gasteiger partial charge in [0.1, 0.15) is 11.3 Å². The van der Waals surface area contributed by atoms with Crippen LogP contribution in [0.5, 0.6) is 0 Å². The quantitative estimate of drug-likeness (QED) is 0.478. The first kappa shape index (κ1) is 19.5. The number of ether oxygens (including phenoxy) is 1. The number of esters is 1. The second-order valence-corrected chi connectivity index (χ2v) is 6.31. The van der Waals surface area contributed by atoms with Gasteiger partial charge in [-0.3, -0.25) is 4.79 Å². The lowest BCUT2D eigenvalue weighted by molar-refractivity contribution is -0.138. The summed E-state index contributed by atoms with van der Waals surface area (Å²) in [7, 11) is 0. The summed E-state index contributed by atoms with van der Waals surface area (Å²) in [6.07, 6.45) is 0. The molecule has 7 heteroatoms. The van der Waals surface area contributed by atoms with Crippen LogP contribution in [0.2, 0.25) is 5.02 Å². The largest absolute Gasteiger partial charge is 0.512 e. The fourth-order valence-corrected chi connectivity index (χ4v) is 3.01. The molecule has 142 valence electrons. The lowest BCUT2D eigenvalue weighted by Gasteiger charge is -2.08. The number of amides is 1. The third kappa shape index (κ3) is 3.73. The number of carbonyl (C=O) groups excluding carboxylic acids is 2. The van der Waals surface area contributed by atoms with Gasteiger partial charge in [0.15, 0.2) is 5.84 Å². The van der Waals surface area contributed by atoms with Gasteiger partial charge in [-0.05, 0) is 26.0 Å². The summed E-state index contributed by atoms with van der Waals surface area (Å²) < 4.78 is 5.03. The number of hydrogen-bond acceptors (Lipinski definition) is 4. The SMILES string of the molecule is CCOC(=O)/C(C1=NC(=NC(=O)c2ccccc2Cl)c2ccccc21)=C(\C)O. The fraction of sp³-hybridized carbons (Fsp3) is 0.143. The van der Waals surface area contributed by atoms with Crippen LogP contribution in [-0.2, 0) is 9.53 Å². The number of benzene rings is 2. The predicted octanol–water partition coefficient (Wildman–Crippen LogP) is 4.12. The Bertz CT molecular complexity index is 1050. The minimum atomic E-state index is -0.699. The molecular weight excluding hydrogens is 380 g/mol. The Balaban J connectivity index is 2.11. The Morgan fingerprint density at radius 2 is 1.75 bits per heavy atom. The number of rotatable bonds is 4. The number of allylic oxidation sites excluding steroid dienone is 1. The topological polar surface area (TPSA) is 88.3 Å². The average molecular weight is 397 g/mol. The maximum absolute atomic E-state index is 12.6. The van der Waals surface area contributed by atoms with Crippen molar-refractivity contribution >= 4 is 35.0 Å². The zero-order valence-electron chi connectivity index (χ0n) is 15.3. The monoisotopic (exact) mass is 396 g/mol. The summed E-state index contributed by atoms with van der Waals surface area (Å²) in [5.41, 5.74) is 1.53. The Kier molecular flexibility index (Phi) is 5.70. The maximum Gasteiger partial charge on any atom is 0.343 e. The number of fused-ring (bicyclic) bond motifs is 1. The first-order valence-corrected chi connectivity index (χ1v) is 8.95. The van der Waals surface area contributed by atoms with Crippen molar-refractivity contribution in [1.29, 1.82) is 0 Å². The Morgan fingerprint density at radius 3 is 2.39 bits per heavy atom. The summed E-state index contributed by atoms with van der Waals surface area (Å²) in [6.45, 7) is 3.19. The van der Waals surface area contributed by atoms with Crippen molar-refractivity contribution in [3.8, 4) is 0 Å². The number of aliphatic hydroxyl groups is 1. The van der Waals surface area contributed by atoms with E-state index < -0.39 is 11.9 Å². The van der Waals surface area contributed by atoms with Gasteiger partial charge in [-0.1, -0.05) is 48.0 Å². The summed E-state index contributed by atoms with van der Waals surface area (Å²) in [6, 6.07) is 13.6. The van der Waals surface area contributed by atoms with Crippen LogP contribution in [0.15, 0.2) is 69.8 Å². The number of aliphatic hydroxyl groups excluding tert-OH is 1. The highest BCUT2D eigenvalue weighted by molar-refractivity contribution is 6.37. The molecule has 1 N–H and O–H groups in total. The Hall–Kier alpha value is -3.25. The molecule has 0 aliphatic carbocycles. The van der Waals surface area contributed by atoms with Gasteiger partial charge in [-0.25, -0.2) is 9.79 Å². The van der Waals surface area contributed by atoms with Crippen molar-refractivity contribution in [2.75, 3.05) is 6.61 Å². The van der Waals surface area contributed by atoms with Gasteiger partial charge >= 0.3 is 5.97 Å². The van der Waals surface area contributed by atoms with Gasteiger partial charge in [0, 0.05) is 11.1 Å². The number of halogens is 1. The van der Waals surface area contributed by atoms with E-state index in [0.29, 0.717) is 11.1 Å². The third-order valence-electron chi connectivity index (χ3n) is 4.03. The van der Waals surface area contributed by atoms with Gasteiger partial charge in [-0.2, -0.15) is 4.99 Å². The van der Waals surface area contributed by atoms with E-state index in [1.807, 2.05) is 0 Å². The highest BCUT2D eigenvalue weighted by atomic mass is 35.5. The van der Waals surface area contributed by atoms with Crippen LogP contribution in [-0.4, -0.2) is 35.1 Å². The van der Waals surface area contributed by atoms with Crippen molar-refractivity contribution in [3.05, 3.63) is 81.6 Å². The molecule has 0 unspecified atom stereocenters. The summed E-state index contributed by atoms with van der Waals surface area (Å²) in [4.78, 5) is 33.4. The highest BCUT2D eigenvalue weighted by Crippen LogP contribution is 2.26. The van der Waals surface area contributed by atoms with Crippen LogP contribution in [0.1, 0.15) is 35.3 Å². The van der Waals surface area contributed by atoms with Gasteiger partial charge < -0.3 is 9.84 Å². The second-order valence-electron chi connectivity index (χ2n) is 5.91. The second kappa shape index (κ2) is 8.19. The van der Waals surface area contributed by atoms with Gasteiger partial charge in [0.2, 0.25) is 0 Å². The first-order valence-electron chi connectivity index (χ1n) is 8.57. The van der Waals surface area contributed by atoms with E-state index >= 15 is 0 Å². The molecule has 0 saturated carbocycles. The minimum Gasteiger partial charge on any atom is -0.512 e. The molecule has 1 heterocycles. The molecule has 1 aliphatic heterocycles. The molecule has 0 radical (unpaired) electrons. The molecule has 2 aromatic rings. The minimum absolute atomic E-state index is 0.0651. The molecule has 0 atom stereocenters. The van der Waals surface area contributed by atoms with E-state index in [1.165, 1.54) is 6.92 Å². The van der Waals surface area contributed by atoms with Crippen molar-refractivity contribution in [1.82, 2.24) is 0 Å². The van der Waals surface area contributed by atoms with Crippen LogP contribution >= 0.6 is 11.6 Å².